The summed E-state index contributed by atoms with van der Waals surface area (Å²) < 4.78 is 5.66. The fourth-order valence-electron chi connectivity index (χ4n) is 3.53. The Bertz CT molecular complexity index is 463. The Morgan fingerprint density at radius 3 is 2.74 bits per heavy atom. The van der Waals surface area contributed by atoms with Crippen LogP contribution < -0.4 is 5.32 Å². The first-order valence-corrected chi connectivity index (χ1v) is 9.80. The highest BCUT2D eigenvalue weighted by Crippen LogP contribution is 2.21. The minimum absolute atomic E-state index is 0.0536. The van der Waals surface area contributed by atoms with E-state index < -0.39 is 0 Å². The van der Waals surface area contributed by atoms with Crippen molar-refractivity contribution in [1.29, 1.82) is 0 Å². The van der Waals surface area contributed by atoms with Crippen LogP contribution in [0.4, 0.5) is 0 Å². The molecule has 1 aliphatic carbocycles. The van der Waals surface area contributed by atoms with Crippen molar-refractivity contribution in [2.45, 2.75) is 51.2 Å². The van der Waals surface area contributed by atoms with Crippen molar-refractivity contribution in [3.8, 4) is 0 Å². The highest BCUT2D eigenvalue weighted by atomic mass is 32.1. The number of rotatable bonds is 7. The molecule has 0 aromatic carbocycles. The molecule has 1 amide bonds. The maximum atomic E-state index is 11.9. The van der Waals surface area contributed by atoms with Crippen molar-refractivity contribution in [2.75, 3.05) is 26.2 Å². The standard InChI is InChI=1S/C18H28N2O2S/c21-18(14-22-16-4-1-2-5-16)19-12-15-7-9-20(10-8-15)13-17-6-3-11-23-17/h3,6,11,15-16H,1-2,4-5,7-10,12-14H2,(H,19,21). The Hall–Kier alpha value is -0.910. The second-order valence-electron chi connectivity index (χ2n) is 6.82. The summed E-state index contributed by atoms with van der Waals surface area (Å²) in [5.41, 5.74) is 0. The fourth-order valence-corrected chi connectivity index (χ4v) is 4.28. The highest BCUT2D eigenvalue weighted by molar-refractivity contribution is 7.09. The quantitative estimate of drug-likeness (QED) is 0.832. The number of likely N-dealkylation sites (tertiary alicyclic amines) is 1. The Kier molecular flexibility index (Phi) is 6.48. The predicted octanol–water partition coefficient (Wildman–Crippen LogP) is 3.04. The molecule has 1 aliphatic heterocycles. The third kappa shape index (κ3) is 5.59. The molecule has 4 nitrogen and oxygen atoms in total. The molecule has 2 heterocycles. The van der Waals surface area contributed by atoms with Gasteiger partial charge in [0.05, 0.1) is 6.10 Å². The molecule has 128 valence electrons. The molecule has 1 saturated carbocycles. The van der Waals surface area contributed by atoms with Crippen LogP contribution >= 0.6 is 11.3 Å². The van der Waals surface area contributed by atoms with Crippen molar-refractivity contribution in [3.63, 3.8) is 0 Å². The largest absolute Gasteiger partial charge is 0.368 e. The molecular formula is C18H28N2O2S. The Labute approximate surface area is 143 Å². The minimum atomic E-state index is 0.0536. The number of hydrogen-bond donors (Lipinski definition) is 1. The van der Waals surface area contributed by atoms with Gasteiger partial charge in [-0.1, -0.05) is 18.9 Å². The number of ether oxygens (including phenoxy) is 1. The van der Waals surface area contributed by atoms with Crippen molar-refractivity contribution in [2.24, 2.45) is 5.92 Å². The normalized spacial score (nSPS) is 20.9. The summed E-state index contributed by atoms with van der Waals surface area (Å²) in [6, 6.07) is 4.33. The number of amides is 1. The Morgan fingerprint density at radius 1 is 1.26 bits per heavy atom. The molecule has 2 fully saturated rings. The summed E-state index contributed by atoms with van der Waals surface area (Å²) in [5, 5.41) is 5.20. The minimum Gasteiger partial charge on any atom is -0.368 e. The lowest BCUT2D eigenvalue weighted by Gasteiger charge is -2.31. The van der Waals surface area contributed by atoms with Crippen LogP contribution in [-0.2, 0) is 16.1 Å². The molecule has 3 rings (SSSR count). The molecule has 0 spiro atoms. The number of carbonyl (C=O) groups is 1. The van der Waals surface area contributed by atoms with Gasteiger partial charge >= 0.3 is 0 Å². The molecule has 0 radical (unpaired) electrons. The van der Waals surface area contributed by atoms with Crippen LogP contribution in [0.15, 0.2) is 17.5 Å². The monoisotopic (exact) mass is 336 g/mol. The van der Waals surface area contributed by atoms with Crippen LogP contribution in [0.1, 0.15) is 43.4 Å². The molecule has 23 heavy (non-hydrogen) atoms. The van der Waals surface area contributed by atoms with Crippen LogP contribution in [0.5, 0.6) is 0 Å². The average molecular weight is 337 g/mol. The zero-order chi connectivity index (χ0) is 15.9. The van der Waals surface area contributed by atoms with Crippen molar-refractivity contribution >= 4 is 17.2 Å². The predicted molar refractivity (Wildman–Crippen MR) is 93.5 cm³/mol. The first kappa shape index (κ1) is 16.9. The van der Waals surface area contributed by atoms with E-state index in [0.29, 0.717) is 12.0 Å². The van der Waals surface area contributed by atoms with Gasteiger partial charge in [0, 0.05) is 18.0 Å². The van der Waals surface area contributed by atoms with Gasteiger partial charge in [0.15, 0.2) is 0 Å². The Balaban J connectivity index is 1.27. The van der Waals surface area contributed by atoms with E-state index in [1.54, 1.807) is 0 Å². The van der Waals surface area contributed by atoms with E-state index in [-0.39, 0.29) is 12.5 Å². The number of piperidine rings is 1. The third-order valence-electron chi connectivity index (χ3n) is 5.01. The summed E-state index contributed by atoms with van der Waals surface area (Å²) in [5.74, 6) is 0.669. The molecule has 0 bridgehead atoms. The fraction of sp³-hybridized carbons (Fsp3) is 0.722. The first-order valence-electron chi connectivity index (χ1n) is 8.92. The topological polar surface area (TPSA) is 41.6 Å². The third-order valence-corrected chi connectivity index (χ3v) is 5.87. The zero-order valence-corrected chi connectivity index (χ0v) is 14.7. The number of thiophene rings is 1. The maximum Gasteiger partial charge on any atom is 0.246 e. The zero-order valence-electron chi connectivity index (χ0n) is 13.8. The van der Waals surface area contributed by atoms with E-state index in [1.165, 1.54) is 30.6 Å². The second kappa shape index (κ2) is 8.81. The van der Waals surface area contributed by atoms with Gasteiger partial charge in [-0.25, -0.2) is 0 Å². The summed E-state index contributed by atoms with van der Waals surface area (Å²) in [7, 11) is 0. The maximum absolute atomic E-state index is 11.9. The SMILES string of the molecule is O=C(COC1CCCC1)NCC1CCN(Cc2cccs2)CC1. The van der Waals surface area contributed by atoms with Crippen molar-refractivity contribution < 1.29 is 9.53 Å². The van der Waals surface area contributed by atoms with Crippen molar-refractivity contribution in [3.05, 3.63) is 22.4 Å². The summed E-state index contributed by atoms with van der Waals surface area (Å²) in [6.45, 7) is 4.39. The molecule has 0 unspecified atom stereocenters. The molecule has 1 saturated heterocycles. The van der Waals surface area contributed by atoms with Crippen LogP contribution in [-0.4, -0.2) is 43.2 Å². The van der Waals surface area contributed by atoms with Crippen LogP contribution in [0.25, 0.3) is 0 Å². The lowest BCUT2D eigenvalue weighted by Crippen LogP contribution is -2.39. The number of carbonyl (C=O) groups excluding carboxylic acids is 1. The van der Waals surface area contributed by atoms with E-state index in [0.717, 1.165) is 39.0 Å². The summed E-state index contributed by atoms with van der Waals surface area (Å²) >= 11 is 1.83. The summed E-state index contributed by atoms with van der Waals surface area (Å²) in [4.78, 5) is 15.8. The van der Waals surface area contributed by atoms with E-state index >= 15 is 0 Å². The average Bonchev–Trinajstić information content (AvgIpc) is 3.26. The lowest BCUT2D eigenvalue weighted by atomic mass is 9.97. The second-order valence-corrected chi connectivity index (χ2v) is 7.85. The van der Waals surface area contributed by atoms with Gasteiger partial charge in [-0.3, -0.25) is 9.69 Å². The smallest absolute Gasteiger partial charge is 0.246 e. The molecule has 1 aromatic heterocycles. The molecule has 2 aliphatic rings. The molecule has 1 N–H and O–H groups in total. The Morgan fingerprint density at radius 2 is 2.04 bits per heavy atom. The summed E-state index contributed by atoms with van der Waals surface area (Å²) in [6.07, 6.45) is 7.41. The van der Waals surface area contributed by atoms with Gasteiger partial charge in [-0.15, -0.1) is 11.3 Å². The lowest BCUT2D eigenvalue weighted by molar-refractivity contribution is -0.127. The number of hydrogen-bond acceptors (Lipinski definition) is 4. The molecular weight excluding hydrogens is 308 g/mol. The van der Waals surface area contributed by atoms with E-state index in [4.69, 9.17) is 4.74 Å². The first-order chi connectivity index (χ1) is 11.3. The van der Waals surface area contributed by atoms with Gasteiger partial charge in [-0.05, 0) is 56.1 Å². The van der Waals surface area contributed by atoms with E-state index in [2.05, 4.69) is 27.7 Å². The van der Waals surface area contributed by atoms with Gasteiger partial charge < -0.3 is 10.1 Å². The van der Waals surface area contributed by atoms with Gasteiger partial charge in [0.25, 0.3) is 0 Å². The molecule has 1 aromatic rings. The van der Waals surface area contributed by atoms with Crippen LogP contribution in [0, 0.1) is 5.92 Å². The molecule has 0 atom stereocenters. The van der Waals surface area contributed by atoms with E-state index in [9.17, 15) is 4.79 Å². The highest BCUT2D eigenvalue weighted by Gasteiger charge is 2.21. The van der Waals surface area contributed by atoms with Crippen LogP contribution in [0.2, 0.25) is 0 Å². The number of nitrogens with zero attached hydrogens (tertiary/aromatic N) is 1. The van der Waals surface area contributed by atoms with Gasteiger partial charge in [0.1, 0.15) is 6.61 Å². The number of nitrogens with one attached hydrogen (secondary N) is 1. The van der Waals surface area contributed by atoms with E-state index in [1.807, 2.05) is 11.3 Å². The van der Waals surface area contributed by atoms with Crippen molar-refractivity contribution in [1.82, 2.24) is 10.2 Å². The van der Waals surface area contributed by atoms with Gasteiger partial charge in [-0.2, -0.15) is 0 Å². The van der Waals surface area contributed by atoms with Crippen LogP contribution in [0.3, 0.4) is 0 Å². The molecule has 5 heteroatoms. The van der Waals surface area contributed by atoms with Gasteiger partial charge in [0.2, 0.25) is 5.91 Å².